The highest BCUT2D eigenvalue weighted by Crippen LogP contribution is 2.26. The average Bonchev–Trinajstić information content (AvgIpc) is 2.67. The molecule has 5 heteroatoms. The highest BCUT2D eigenvalue weighted by Gasteiger charge is 2.22. The summed E-state index contributed by atoms with van der Waals surface area (Å²) in [6.45, 7) is 9.68. The Morgan fingerprint density at radius 3 is 2.54 bits per heavy atom. The number of carbonyl (C=O) groups excluding carboxylic acids is 1. The number of nitrogens with zero attached hydrogens (tertiary/aromatic N) is 4. The first-order valence-electron chi connectivity index (χ1n) is 7.71. The molecule has 5 nitrogen and oxygen atoms in total. The average molecular weight is 316 g/mol. The van der Waals surface area contributed by atoms with Crippen LogP contribution in [-0.2, 0) is 4.79 Å². The van der Waals surface area contributed by atoms with E-state index < -0.39 is 0 Å². The van der Waals surface area contributed by atoms with Crippen molar-refractivity contribution in [2.24, 2.45) is 0 Å². The van der Waals surface area contributed by atoms with Gasteiger partial charge in [-0.2, -0.15) is 0 Å². The zero-order chi connectivity index (χ0) is 16.8. The van der Waals surface area contributed by atoms with Crippen LogP contribution in [0, 0.1) is 18.4 Å². The lowest BCUT2D eigenvalue weighted by atomic mass is 10.2. The fourth-order valence-corrected chi connectivity index (χ4v) is 2.57. The molecule has 1 saturated heterocycles. The molecule has 2 aromatic rings. The van der Waals surface area contributed by atoms with Crippen molar-refractivity contribution in [1.82, 2.24) is 9.88 Å². The predicted octanol–water partition coefficient (Wildman–Crippen LogP) is 2.33. The van der Waals surface area contributed by atoms with Crippen LogP contribution in [0.5, 0.6) is 0 Å². The lowest BCUT2D eigenvalue weighted by Crippen LogP contribution is -2.48. The number of piperazine rings is 1. The van der Waals surface area contributed by atoms with Gasteiger partial charge in [0.1, 0.15) is 5.82 Å². The molecule has 1 fully saturated rings. The molecule has 0 aliphatic carbocycles. The molecule has 0 atom stereocenters. The first-order valence-corrected chi connectivity index (χ1v) is 7.71. The Morgan fingerprint density at radius 2 is 1.83 bits per heavy atom. The summed E-state index contributed by atoms with van der Waals surface area (Å²) < 4.78 is 0. The van der Waals surface area contributed by atoms with Crippen molar-refractivity contribution in [1.29, 1.82) is 0 Å². The molecule has 1 aromatic heterocycles. The van der Waals surface area contributed by atoms with E-state index in [2.05, 4.69) is 21.7 Å². The van der Waals surface area contributed by atoms with Gasteiger partial charge in [0.2, 0.25) is 5.69 Å². The van der Waals surface area contributed by atoms with Crippen molar-refractivity contribution in [3.05, 3.63) is 65.6 Å². The van der Waals surface area contributed by atoms with Crippen molar-refractivity contribution in [3.63, 3.8) is 0 Å². The van der Waals surface area contributed by atoms with Gasteiger partial charge in [-0.05, 0) is 12.1 Å². The third-order valence-corrected chi connectivity index (χ3v) is 3.84. The van der Waals surface area contributed by atoms with Gasteiger partial charge in [0.15, 0.2) is 0 Å². The van der Waals surface area contributed by atoms with E-state index >= 15 is 0 Å². The number of benzene rings is 1. The Balaban J connectivity index is 1.62. The third kappa shape index (κ3) is 3.53. The molecule has 0 bridgehead atoms. The molecular weight excluding hydrogens is 300 g/mol. The maximum atomic E-state index is 12.2. The van der Waals surface area contributed by atoms with Crippen molar-refractivity contribution >= 4 is 17.4 Å². The second kappa shape index (κ2) is 7.30. The van der Waals surface area contributed by atoms with Crippen LogP contribution in [0.15, 0.2) is 48.7 Å². The number of pyridine rings is 1. The Bertz CT molecular complexity index is 822. The summed E-state index contributed by atoms with van der Waals surface area (Å²) in [7, 11) is 0. The van der Waals surface area contributed by atoms with E-state index in [-0.39, 0.29) is 5.91 Å². The molecule has 1 aliphatic heterocycles. The van der Waals surface area contributed by atoms with Crippen LogP contribution in [-0.4, -0.2) is 42.0 Å². The summed E-state index contributed by atoms with van der Waals surface area (Å²) in [5, 5.41) is 0. The van der Waals surface area contributed by atoms with Gasteiger partial charge in [0, 0.05) is 43.9 Å². The normalized spacial score (nSPS) is 13.6. The fraction of sp³-hybridized carbons (Fsp3) is 0.211. The molecular formula is C19H16N4O. The Morgan fingerprint density at radius 1 is 1.08 bits per heavy atom. The van der Waals surface area contributed by atoms with Crippen molar-refractivity contribution in [2.75, 3.05) is 31.1 Å². The van der Waals surface area contributed by atoms with Gasteiger partial charge < -0.3 is 9.80 Å². The van der Waals surface area contributed by atoms with E-state index in [1.54, 1.807) is 23.2 Å². The van der Waals surface area contributed by atoms with Gasteiger partial charge in [-0.1, -0.05) is 36.3 Å². The molecule has 1 aromatic carbocycles. The largest absolute Gasteiger partial charge is 0.362 e. The minimum Gasteiger partial charge on any atom is -0.362 e. The molecule has 24 heavy (non-hydrogen) atoms. The molecule has 0 spiro atoms. The highest BCUT2D eigenvalue weighted by molar-refractivity contribution is 5.94. The fourth-order valence-electron chi connectivity index (χ4n) is 2.57. The van der Waals surface area contributed by atoms with Gasteiger partial charge in [0.25, 0.3) is 5.91 Å². The summed E-state index contributed by atoms with van der Waals surface area (Å²) in [4.78, 5) is 23.8. The molecule has 0 N–H and O–H groups in total. The van der Waals surface area contributed by atoms with E-state index in [0.29, 0.717) is 37.7 Å². The first kappa shape index (κ1) is 15.6. The van der Waals surface area contributed by atoms with E-state index in [1.165, 1.54) is 0 Å². The lowest BCUT2D eigenvalue weighted by Gasteiger charge is -2.35. The molecule has 118 valence electrons. The lowest BCUT2D eigenvalue weighted by molar-refractivity contribution is -0.125. The number of rotatable bonds is 1. The summed E-state index contributed by atoms with van der Waals surface area (Å²) in [6.07, 6.45) is 1.69. The zero-order valence-corrected chi connectivity index (χ0v) is 13.1. The smallest absolute Gasteiger partial charge is 0.298 e. The molecule has 0 unspecified atom stereocenters. The summed E-state index contributed by atoms with van der Waals surface area (Å²) in [6, 6.07) is 13.0. The first-order chi connectivity index (χ1) is 11.8. The summed E-state index contributed by atoms with van der Waals surface area (Å²) in [5.41, 5.74) is 1.38. The minimum atomic E-state index is -0.162. The van der Waals surface area contributed by atoms with Crippen LogP contribution < -0.4 is 4.90 Å². The van der Waals surface area contributed by atoms with Crippen LogP contribution in [0.4, 0.5) is 11.5 Å². The SMILES string of the molecule is [C-]#[N+]c1cccnc1N1CCN(C(=O)C#Cc2ccccc2)CC1. The van der Waals surface area contributed by atoms with Gasteiger partial charge in [-0.15, -0.1) is 0 Å². The number of carbonyl (C=O) groups is 1. The van der Waals surface area contributed by atoms with Crippen LogP contribution in [0.1, 0.15) is 5.56 Å². The molecule has 0 saturated carbocycles. The maximum absolute atomic E-state index is 12.2. The summed E-state index contributed by atoms with van der Waals surface area (Å²) >= 11 is 0. The zero-order valence-electron chi connectivity index (χ0n) is 13.1. The Kier molecular flexibility index (Phi) is 4.74. The van der Waals surface area contributed by atoms with Gasteiger partial charge in [-0.25, -0.2) is 4.85 Å². The standard InChI is InChI=1S/C19H16N4O/c1-20-17-8-5-11-21-19(17)23-14-12-22(13-15-23)18(24)10-9-16-6-3-2-4-7-16/h2-8,11H,12-15H2. The second-order valence-corrected chi connectivity index (χ2v) is 5.35. The third-order valence-electron chi connectivity index (χ3n) is 3.84. The number of amides is 1. The van der Waals surface area contributed by atoms with Gasteiger partial charge >= 0.3 is 0 Å². The van der Waals surface area contributed by atoms with Gasteiger partial charge in [-0.3, -0.25) is 9.78 Å². The quantitative estimate of drug-likeness (QED) is 0.599. The van der Waals surface area contributed by atoms with Crippen LogP contribution in [0.2, 0.25) is 0 Å². The van der Waals surface area contributed by atoms with E-state index in [9.17, 15) is 4.79 Å². The van der Waals surface area contributed by atoms with Crippen LogP contribution >= 0.6 is 0 Å². The van der Waals surface area contributed by atoms with Crippen molar-refractivity contribution < 1.29 is 4.79 Å². The number of anilines is 1. The highest BCUT2D eigenvalue weighted by atomic mass is 16.2. The molecule has 1 aliphatic rings. The maximum Gasteiger partial charge on any atom is 0.298 e. The van der Waals surface area contributed by atoms with E-state index in [1.807, 2.05) is 35.2 Å². The van der Waals surface area contributed by atoms with Crippen LogP contribution in [0.3, 0.4) is 0 Å². The Hall–Kier alpha value is -3.31. The number of hydrogen-bond acceptors (Lipinski definition) is 3. The molecule has 0 radical (unpaired) electrons. The van der Waals surface area contributed by atoms with Gasteiger partial charge in [0.05, 0.1) is 6.57 Å². The topological polar surface area (TPSA) is 40.8 Å². The Labute approximate surface area is 141 Å². The number of aromatic nitrogens is 1. The van der Waals surface area contributed by atoms with Crippen LogP contribution in [0.25, 0.3) is 4.85 Å². The van der Waals surface area contributed by atoms with E-state index in [0.717, 1.165) is 5.56 Å². The van der Waals surface area contributed by atoms with E-state index in [4.69, 9.17) is 6.57 Å². The van der Waals surface area contributed by atoms with Crippen molar-refractivity contribution in [2.45, 2.75) is 0 Å². The monoisotopic (exact) mass is 316 g/mol. The van der Waals surface area contributed by atoms with Crippen molar-refractivity contribution in [3.8, 4) is 11.8 Å². The number of hydrogen-bond donors (Lipinski definition) is 0. The summed E-state index contributed by atoms with van der Waals surface area (Å²) in [5.74, 6) is 6.12. The molecule has 3 rings (SSSR count). The predicted molar refractivity (Wildman–Crippen MR) is 92.6 cm³/mol. The molecule has 2 heterocycles. The minimum absolute atomic E-state index is 0.162. The molecule has 1 amide bonds. The second-order valence-electron chi connectivity index (χ2n) is 5.35.